The predicted octanol–water partition coefficient (Wildman–Crippen LogP) is 6.16. The molecule has 14 heteroatoms. The first kappa shape index (κ1) is 47.9. The molecule has 0 aromatic rings. The van der Waals surface area contributed by atoms with E-state index in [0.717, 1.165) is 44.9 Å². The van der Waals surface area contributed by atoms with E-state index in [2.05, 4.69) is 13.8 Å². The van der Waals surface area contributed by atoms with Gasteiger partial charge in [0.05, 0.1) is 6.61 Å². The summed E-state index contributed by atoms with van der Waals surface area (Å²) in [6.07, 6.45) is 11.8. The molecule has 8 atom stereocenters. The van der Waals surface area contributed by atoms with Gasteiger partial charge in [-0.3, -0.25) is 18.6 Å². The Morgan fingerprint density at radius 1 is 0.529 bits per heavy atom. The van der Waals surface area contributed by atoms with E-state index in [4.69, 9.17) is 18.5 Å². The molecule has 1 saturated carbocycles. The Bertz CT molecular complexity index is 922. The zero-order valence-electron chi connectivity index (χ0n) is 31.4. The second-order valence-corrected chi connectivity index (χ2v) is 15.6. The number of esters is 2. The van der Waals surface area contributed by atoms with Crippen molar-refractivity contribution >= 4 is 19.8 Å². The Hall–Kier alpha value is -1.15. The zero-order valence-corrected chi connectivity index (χ0v) is 32.3. The van der Waals surface area contributed by atoms with Crippen LogP contribution in [-0.4, -0.2) is 98.3 Å². The van der Waals surface area contributed by atoms with Crippen molar-refractivity contribution in [2.45, 2.75) is 211 Å². The summed E-state index contributed by atoms with van der Waals surface area (Å²) in [5.41, 5.74) is 0. The average molecular weight is 755 g/mol. The lowest BCUT2D eigenvalue weighted by molar-refractivity contribution is -0.220. The van der Waals surface area contributed by atoms with Crippen LogP contribution in [0, 0.1) is 0 Å². The quantitative estimate of drug-likeness (QED) is 0.0258. The summed E-state index contributed by atoms with van der Waals surface area (Å²) in [5, 5.41) is 49.9. The third-order valence-electron chi connectivity index (χ3n) is 9.45. The predicted molar refractivity (Wildman–Crippen MR) is 194 cm³/mol. The Labute approximate surface area is 306 Å². The molecule has 0 heterocycles. The van der Waals surface area contributed by atoms with Gasteiger partial charge in [0.25, 0.3) is 0 Å². The van der Waals surface area contributed by atoms with E-state index >= 15 is 0 Å². The van der Waals surface area contributed by atoms with Gasteiger partial charge in [-0.1, -0.05) is 142 Å². The summed E-state index contributed by atoms with van der Waals surface area (Å²) in [6, 6.07) is 0. The molecule has 51 heavy (non-hydrogen) atoms. The van der Waals surface area contributed by atoms with Gasteiger partial charge in [-0.15, -0.1) is 0 Å². The maximum absolute atomic E-state index is 12.7. The van der Waals surface area contributed by atoms with E-state index < -0.39 is 75.7 Å². The number of carbonyl (C=O) groups excluding carboxylic acids is 2. The van der Waals surface area contributed by atoms with Crippen LogP contribution < -0.4 is 0 Å². The average Bonchev–Trinajstić information content (AvgIpc) is 3.10. The molecule has 0 aromatic heterocycles. The minimum Gasteiger partial charge on any atom is -0.462 e. The molecule has 1 aliphatic carbocycles. The monoisotopic (exact) mass is 754 g/mol. The molecule has 1 rings (SSSR count). The Morgan fingerprint density at radius 2 is 0.882 bits per heavy atom. The molecular formula is C37H71O13P. The molecule has 1 fully saturated rings. The van der Waals surface area contributed by atoms with Crippen molar-refractivity contribution in [3.8, 4) is 0 Å². The number of hydrogen-bond acceptors (Lipinski definition) is 12. The number of rotatable bonds is 32. The molecule has 0 amide bonds. The van der Waals surface area contributed by atoms with Crippen molar-refractivity contribution in [2.24, 2.45) is 0 Å². The fraction of sp³-hybridized carbons (Fsp3) is 0.946. The molecule has 6 N–H and O–H groups in total. The molecule has 0 bridgehead atoms. The van der Waals surface area contributed by atoms with E-state index in [0.29, 0.717) is 12.8 Å². The van der Waals surface area contributed by atoms with Crippen LogP contribution in [0.3, 0.4) is 0 Å². The van der Waals surface area contributed by atoms with Crippen molar-refractivity contribution in [3.63, 3.8) is 0 Å². The van der Waals surface area contributed by atoms with Crippen LogP contribution in [0.25, 0.3) is 0 Å². The van der Waals surface area contributed by atoms with Gasteiger partial charge < -0.3 is 39.9 Å². The molecule has 302 valence electrons. The largest absolute Gasteiger partial charge is 0.472 e. The first-order valence-electron chi connectivity index (χ1n) is 19.8. The van der Waals surface area contributed by atoms with Gasteiger partial charge in [-0.2, -0.15) is 0 Å². The minimum atomic E-state index is -5.10. The lowest BCUT2D eigenvalue weighted by Crippen LogP contribution is -2.64. The first-order valence-corrected chi connectivity index (χ1v) is 21.3. The molecule has 0 aliphatic heterocycles. The van der Waals surface area contributed by atoms with Crippen LogP contribution in [0.4, 0.5) is 0 Å². The summed E-state index contributed by atoms with van der Waals surface area (Å²) >= 11 is 0. The molecule has 0 saturated heterocycles. The highest BCUT2D eigenvalue weighted by Gasteiger charge is 2.51. The molecule has 0 radical (unpaired) electrons. The van der Waals surface area contributed by atoms with Crippen LogP contribution in [0.2, 0.25) is 0 Å². The maximum atomic E-state index is 12.7. The summed E-state index contributed by atoms with van der Waals surface area (Å²) < 4.78 is 33.3. The third kappa shape index (κ3) is 22.6. The molecule has 0 aromatic carbocycles. The molecule has 4 unspecified atom stereocenters. The van der Waals surface area contributed by atoms with Crippen LogP contribution in [0.5, 0.6) is 0 Å². The summed E-state index contributed by atoms with van der Waals surface area (Å²) in [5.74, 6) is -1.09. The highest BCUT2D eigenvalue weighted by molar-refractivity contribution is 7.47. The number of phosphoric ester groups is 1. The third-order valence-corrected chi connectivity index (χ3v) is 10.4. The van der Waals surface area contributed by atoms with Gasteiger partial charge in [-0.25, -0.2) is 4.57 Å². The minimum absolute atomic E-state index is 0.103. The topological polar surface area (TPSA) is 210 Å². The molecule has 1 aliphatic rings. The van der Waals surface area contributed by atoms with Gasteiger partial charge in [0, 0.05) is 12.8 Å². The van der Waals surface area contributed by atoms with Crippen molar-refractivity contribution in [1.29, 1.82) is 0 Å². The number of ether oxygens (including phenoxy) is 2. The van der Waals surface area contributed by atoms with E-state index in [1.165, 1.54) is 83.5 Å². The fourth-order valence-corrected chi connectivity index (χ4v) is 7.14. The second-order valence-electron chi connectivity index (χ2n) is 14.2. The number of hydrogen-bond donors (Lipinski definition) is 6. The summed E-state index contributed by atoms with van der Waals surface area (Å²) in [7, 11) is -5.10. The van der Waals surface area contributed by atoms with Crippen LogP contribution >= 0.6 is 7.82 Å². The van der Waals surface area contributed by atoms with E-state index in [1.54, 1.807) is 0 Å². The number of carbonyl (C=O) groups is 2. The van der Waals surface area contributed by atoms with E-state index in [-0.39, 0.29) is 12.8 Å². The van der Waals surface area contributed by atoms with E-state index in [1.807, 2.05) is 0 Å². The van der Waals surface area contributed by atoms with Gasteiger partial charge in [-0.05, 0) is 12.8 Å². The van der Waals surface area contributed by atoms with Crippen molar-refractivity contribution in [1.82, 2.24) is 0 Å². The lowest BCUT2D eigenvalue weighted by atomic mass is 9.85. The number of phosphoric acid groups is 1. The number of unbranched alkanes of at least 4 members (excludes halogenated alkanes) is 20. The highest BCUT2D eigenvalue weighted by atomic mass is 31.2. The Morgan fingerprint density at radius 3 is 1.29 bits per heavy atom. The van der Waals surface area contributed by atoms with Crippen molar-refractivity contribution < 1.29 is 63.1 Å². The van der Waals surface area contributed by atoms with Gasteiger partial charge in [0.15, 0.2) is 6.10 Å². The fourth-order valence-electron chi connectivity index (χ4n) is 6.17. The van der Waals surface area contributed by atoms with Gasteiger partial charge in [0.2, 0.25) is 0 Å². The standard InChI is InChI=1S/C37H71O13P/c1-3-5-7-9-11-13-15-17-19-21-23-25-30(38)47-27-29(49-31(39)26-24-22-20-18-16-14-12-10-8-6-4-2)28-48-51(45,46)50-37-35(43)33(41)32(40)34(42)36(37)44/h29,32-37,40-44H,3-28H2,1-2H3,(H,45,46)/t29?,32?,33-,34+,35-,36-,37?/m1/s1. The summed E-state index contributed by atoms with van der Waals surface area (Å²) in [4.78, 5) is 35.4. The van der Waals surface area contributed by atoms with Gasteiger partial charge >= 0.3 is 19.8 Å². The normalized spacial score (nSPS) is 23.8. The van der Waals surface area contributed by atoms with E-state index in [9.17, 15) is 44.6 Å². The van der Waals surface area contributed by atoms with Crippen LogP contribution in [0.1, 0.15) is 168 Å². The lowest BCUT2D eigenvalue weighted by Gasteiger charge is -2.41. The first-order chi connectivity index (χ1) is 24.4. The Balaban J connectivity index is 2.54. The smallest absolute Gasteiger partial charge is 0.462 e. The molecule has 0 spiro atoms. The maximum Gasteiger partial charge on any atom is 0.472 e. The van der Waals surface area contributed by atoms with Crippen molar-refractivity contribution in [3.05, 3.63) is 0 Å². The Kier molecular flexibility index (Phi) is 27.4. The van der Waals surface area contributed by atoms with Crippen molar-refractivity contribution in [2.75, 3.05) is 13.2 Å². The van der Waals surface area contributed by atoms with Gasteiger partial charge in [0.1, 0.15) is 43.2 Å². The van der Waals surface area contributed by atoms with Crippen LogP contribution in [-0.2, 0) is 32.7 Å². The highest BCUT2D eigenvalue weighted by Crippen LogP contribution is 2.47. The molecular weight excluding hydrogens is 683 g/mol. The zero-order chi connectivity index (χ0) is 37.9. The summed E-state index contributed by atoms with van der Waals surface area (Å²) in [6.45, 7) is 3.25. The second kappa shape index (κ2) is 29.2. The SMILES string of the molecule is CCCCCCCCCCCCCC(=O)OCC(COP(=O)(O)OC1[C@H](O)[C@H](O)C(O)[C@H](O)[C@H]1O)OC(=O)CCCCCCCCCCCCC. The van der Waals surface area contributed by atoms with Crippen LogP contribution in [0.15, 0.2) is 0 Å². The number of aliphatic hydroxyl groups excluding tert-OH is 5. The molecule has 13 nitrogen and oxygen atoms in total. The number of aliphatic hydroxyl groups is 5.